The van der Waals surface area contributed by atoms with E-state index in [0.29, 0.717) is 29.4 Å². The minimum atomic E-state index is -0.971. The molecule has 0 saturated heterocycles. The van der Waals surface area contributed by atoms with Gasteiger partial charge in [0.2, 0.25) is 6.79 Å². The van der Waals surface area contributed by atoms with Crippen LogP contribution in [0.5, 0.6) is 17.2 Å². The van der Waals surface area contributed by atoms with E-state index >= 15 is 4.79 Å². The number of nitrogens with zero attached hydrogens (tertiary/aromatic N) is 1. The maximum Gasteiger partial charge on any atom is 0.343 e. The number of hydrogen-bond donors (Lipinski definition) is 0. The van der Waals surface area contributed by atoms with Crippen molar-refractivity contribution in [2.24, 2.45) is 0 Å². The summed E-state index contributed by atoms with van der Waals surface area (Å²) < 4.78 is 17.7. The molecule has 2 atom stereocenters. The summed E-state index contributed by atoms with van der Waals surface area (Å²) >= 11 is 0. The minimum absolute atomic E-state index is 0.0708. The molecule has 0 bridgehead atoms. The van der Waals surface area contributed by atoms with E-state index in [1.807, 2.05) is 60.7 Å². The molecular weight excluding hydrogens is 462 g/mol. The van der Waals surface area contributed by atoms with E-state index in [4.69, 9.17) is 21.1 Å². The molecular formula is C32H26NO4+. The average Bonchev–Trinajstić information content (AvgIpc) is 3.60. The highest BCUT2D eigenvalue weighted by atomic mass is 16.7. The van der Waals surface area contributed by atoms with Gasteiger partial charge < -0.3 is 14.2 Å². The monoisotopic (exact) mass is 488 g/mol. The van der Waals surface area contributed by atoms with Crippen molar-refractivity contribution in [3.05, 3.63) is 120 Å². The molecule has 0 aliphatic carbocycles. The summed E-state index contributed by atoms with van der Waals surface area (Å²) in [6.07, 6.45) is 0.812. The summed E-state index contributed by atoms with van der Waals surface area (Å²) in [7, 11) is 0. The quantitative estimate of drug-likeness (QED) is 0.326. The number of fused-ring (bicyclic) bond motifs is 5. The second-order valence-corrected chi connectivity index (χ2v) is 9.91. The SMILES string of the molecule is [CH]c1ccc(C[N+]2(c3ccccc3CC)C(=O)C3(COc4cc5c(cc43)OCO5)c3ccccc32)cc1. The molecule has 3 heterocycles. The van der Waals surface area contributed by atoms with Crippen molar-refractivity contribution in [3.8, 4) is 17.2 Å². The van der Waals surface area contributed by atoms with Gasteiger partial charge in [0.05, 0.1) is 0 Å². The Morgan fingerprint density at radius 3 is 2.30 bits per heavy atom. The van der Waals surface area contributed by atoms with Crippen LogP contribution in [-0.2, 0) is 23.2 Å². The van der Waals surface area contributed by atoms with E-state index in [1.165, 1.54) is 0 Å². The Hall–Kier alpha value is -4.09. The molecule has 1 spiro atoms. The fraction of sp³-hybridized carbons (Fsp3) is 0.188. The molecule has 5 heteroatoms. The predicted octanol–water partition coefficient (Wildman–Crippen LogP) is 6.09. The van der Waals surface area contributed by atoms with Crippen LogP contribution >= 0.6 is 0 Å². The largest absolute Gasteiger partial charge is 0.491 e. The number of amides is 1. The Kier molecular flexibility index (Phi) is 4.76. The van der Waals surface area contributed by atoms with Crippen molar-refractivity contribution in [2.75, 3.05) is 13.4 Å². The molecule has 3 aliphatic rings. The lowest BCUT2D eigenvalue weighted by molar-refractivity contribution is -0.131. The second kappa shape index (κ2) is 7.95. The summed E-state index contributed by atoms with van der Waals surface area (Å²) in [6, 6.07) is 28.1. The average molecular weight is 489 g/mol. The maximum atomic E-state index is 15.3. The normalized spacial score (nSPS) is 22.7. The first-order valence-electron chi connectivity index (χ1n) is 12.6. The molecule has 7 rings (SSSR count). The van der Waals surface area contributed by atoms with Crippen molar-refractivity contribution >= 4 is 17.3 Å². The van der Waals surface area contributed by atoms with Gasteiger partial charge in [-0.3, -0.25) is 0 Å². The first-order valence-corrected chi connectivity index (χ1v) is 12.6. The molecule has 0 N–H and O–H groups in total. The van der Waals surface area contributed by atoms with Crippen LogP contribution in [0.25, 0.3) is 0 Å². The van der Waals surface area contributed by atoms with Gasteiger partial charge in [-0.2, -0.15) is 4.48 Å². The lowest BCUT2D eigenvalue weighted by Gasteiger charge is -2.34. The molecule has 37 heavy (non-hydrogen) atoms. The zero-order valence-corrected chi connectivity index (χ0v) is 20.6. The number of aryl methyl sites for hydroxylation is 1. The number of ether oxygens (including phenoxy) is 3. The summed E-state index contributed by atoms with van der Waals surface area (Å²) in [5, 5.41) is 0. The van der Waals surface area contributed by atoms with E-state index in [-0.39, 0.29) is 23.8 Å². The van der Waals surface area contributed by atoms with E-state index in [0.717, 1.165) is 40.0 Å². The third kappa shape index (κ3) is 2.92. The third-order valence-electron chi connectivity index (χ3n) is 8.05. The maximum absolute atomic E-state index is 15.3. The Morgan fingerprint density at radius 2 is 1.51 bits per heavy atom. The smallest absolute Gasteiger partial charge is 0.343 e. The van der Waals surface area contributed by atoms with Crippen molar-refractivity contribution in [2.45, 2.75) is 25.3 Å². The van der Waals surface area contributed by atoms with Gasteiger partial charge in [-0.1, -0.05) is 67.6 Å². The van der Waals surface area contributed by atoms with Gasteiger partial charge >= 0.3 is 5.91 Å². The van der Waals surface area contributed by atoms with Crippen LogP contribution in [0.2, 0.25) is 0 Å². The molecule has 0 saturated carbocycles. The van der Waals surface area contributed by atoms with Gasteiger partial charge in [-0.25, -0.2) is 4.79 Å². The number of hydrogen-bond acceptors (Lipinski definition) is 4. The standard InChI is InChI=1S/C32H26NO4/c1-3-23-8-4-6-10-26(23)33(18-22-14-12-21(2)13-15-22)27-11-7-5-9-24(27)32(31(33)34)19-35-28-17-30-29(16-25(28)32)36-20-37-30/h2,4-17H,3,18-20H2,1H3/q+1. The topological polar surface area (TPSA) is 44.8 Å². The number of carbonyl (C=O) groups excluding carboxylic acids is 1. The van der Waals surface area contributed by atoms with E-state index in [2.05, 4.69) is 31.2 Å². The fourth-order valence-electron chi connectivity index (χ4n) is 6.32. The fourth-order valence-corrected chi connectivity index (χ4v) is 6.32. The predicted molar refractivity (Wildman–Crippen MR) is 141 cm³/mol. The first kappa shape index (κ1) is 22.1. The first-order chi connectivity index (χ1) is 18.1. The van der Waals surface area contributed by atoms with Crippen LogP contribution in [0.3, 0.4) is 0 Å². The van der Waals surface area contributed by atoms with Gasteiger partial charge in [0.1, 0.15) is 24.6 Å². The number of quaternary nitrogens is 1. The molecule has 182 valence electrons. The van der Waals surface area contributed by atoms with Crippen LogP contribution in [0.1, 0.15) is 34.7 Å². The molecule has 0 fully saturated rings. The van der Waals surface area contributed by atoms with Crippen LogP contribution < -0.4 is 18.7 Å². The minimum Gasteiger partial charge on any atom is -0.491 e. The zero-order valence-electron chi connectivity index (χ0n) is 20.6. The summed E-state index contributed by atoms with van der Waals surface area (Å²) in [5.74, 6) is 2.03. The van der Waals surface area contributed by atoms with Gasteiger partial charge in [0.15, 0.2) is 22.6 Å². The number of carbonyl (C=O) groups is 1. The van der Waals surface area contributed by atoms with Crippen molar-refractivity contribution in [1.29, 1.82) is 0 Å². The number of rotatable bonds is 4. The van der Waals surface area contributed by atoms with Crippen molar-refractivity contribution < 1.29 is 19.0 Å². The highest BCUT2D eigenvalue weighted by molar-refractivity contribution is 6.12. The molecule has 2 unspecified atom stereocenters. The van der Waals surface area contributed by atoms with E-state index < -0.39 is 5.41 Å². The summed E-state index contributed by atoms with van der Waals surface area (Å²) in [5.41, 5.74) is 5.67. The second-order valence-electron chi connectivity index (χ2n) is 9.91. The van der Waals surface area contributed by atoms with Crippen LogP contribution in [0, 0.1) is 6.92 Å². The Bertz CT molecular complexity index is 1560. The van der Waals surface area contributed by atoms with Gasteiger partial charge in [-0.05, 0) is 25.0 Å². The van der Waals surface area contributed by atoms with Gasteiger partial charge in [0.25, 0.3) is 0 Å². The van der Waals surface area contributed by atoms with Gasteiger partial charge in [-0.15, -0.1) is 0 Å². The highest BCUT2D eigenvalue weighted by Crippen LogP contribution is 2.60. The molecule has 0 aromatic heterocycles. The Morgan fingerprint density at radius 1 is 0.811 bits per heavy atom. The van der Waals surface area contributed by atoms with Crippen LogP contribution in [-0.4, -0.2) is 19.3 Å². The summed E-state index contributed by atoms with van der Waals surface area (Å²) in [4.78, 5) is 15.3. The molecule has 4 aromatic rings. The number of benzene rings is 4. The molecule has 2 radical (unpaired) electrons. The van der Waals surface area contributed by atoms with Gasteiger partial charge in [0, 0.05) is 40.5 Å². The van der Waals surface area contributed by atoms with Crippen molar-refractivity contribution in [1.82, 2.24) is 4.48 Å². The lowest BCUT2D eigenvalue weighted by Crippen LogP contribution is -2.53. The highest BCUT2D eigenvalue weighted by Gasteiger charge is 2.67. The lowest BCUT2D eigenvalue weighted by atomic mass is 9.77. The summed E-state index contributed by atoms with van der Waals surface area (Å²) in [6.45, 7) is 9.01. The third-order valence-corrected chi connectivity index (χ3v) is 8.05. The van der Waals surface area contributed by atoms with Crippen LogP contribution in [0.15, 0.2) is 84.9 Å². The number of para-hydroxylation sites is 2. The zero-order chi connectivity index (χ0) is 25.2. The van der Waals surface area contributed by atoms with E-state index in [9.17, 15) is 0 Å². The van der Waals surface area contributed by atoms with E-state index in [1.54, 1.807) is 0 Å². The Labute approximate surface area is 216 Å². The molecule has 3 aliphatic heterocycles. The van der Waals surface area contributed by atoms with Crippen LogP contribution in [0.4, 0.5) is 11.4 Å². The molecule has 4 aromatic carbocycles. The molecule has 5 nitrogen and oxygen atoms in total. The Balaban J connectivity index is 1.53. The van der Waals surface area contributed by atoms with Crippen molar-refractivity contribution in [3.63, 3.8) is 0 Å². The molecule has 1 amide bonds.